The number of nitriles is 1. The Hall–Kier alpha value is -3.71. The molecular formula is C25H31FN4O5. The first kappa shape index (κ1) is 27.5. The van der Waals surface area contributed by atoms with Gasteiger partial charge in [0.25, 0.3) is 5.88 Å². The molecule has 0 radical (unpaired) electrons. The van der Waals surface area contributed by atoms with E-state index in [1.54, 1.807) is 27.7 Å². The topological polar surface area (TPSA) is 151 Å². The summed E-state index contributed by atoms with van der Waals surface area (Å²) in [6.07, 6.45) is 0.466. The Kier molecular flexibility index (Phi) is 8.77. The molecule has 0 bridgehead atoms. The molecule has 1 aromatic carbocycles. The Morgan fingerprint density at radius 1 is 1.23 bits per heavy atom. The molecule has 35 heavy (non-hydrogen) atoms. The predicted molar refractivity (Wildman–Crippen MR) is 127 cm³/mol. The lowest BCUT2D eigenvalue weighted by atomic mass is 9.82. The summed E-state index contributed by atoms with van der Waals surface area (Å²) in [5.41, 5.74) is 9.51. The number of esters is 1. The number of hydrogen-bond acceptors (Lipinski definition) is 8. The monoisotopic (exact) mass is 486 g/mol. The Morgan fingerprint density at radius 3 is 2.49 bits per heavy atom. The summed E-state index contributed by atoms with van der Waals surface area (Å²) in [5.74, 6) is -1.66. The third-order valence-corrected chi connectivity index (χ3v) is 5.10. The normalized spacial score (nSPS) is 13.8. The lowest BCUT2D eigenvalue weighted by Crippen LogP contribution is -2.41. The minimum absolute atomic E-state index is 0.0282. The van der Waals surface area contributed by atoms with Gasteiger partial charge < -0.3 is 25.7 Å². The van der Waals surface area contributed by atoms with E-state index >= 15 is 0 Å². The number of pyridine rings is 1. The molecule has 0 saturated heterocycles. The third-order valence-electron chi connectivity index (χ3n) is 5.10. The van der Waals surface area contributed by atoms with Crippen LogP contribution in [0.15, 0.2) is 30.5 Å². The van der Waals surface area contributed by atoms with Gasteiger partial charge in [-0.1, -0.05) is 13.0 Å². The quantitative estimate of drug-likeness (QED) is 0.506. The number of amides is 1. The molecule has 1 aromatic heterocycles. The molecule has 0 aliphatic rings. The van der Waals surface area contributed by atoms with Crippen LogP contribution in [0.2, 0.25) is 0 Å². The van der Waals surface area contributed by atoms with Crippen LogP contribution in [0.1, 0.15) is 46.6 Å². The van der Waals surface area contributed by atoms with Gasteiger partial charge in [0.1, 0.15) is 24.0 Å². The van der Waals surface area contributed by atoms with E-state index in [4.69, 9.17) is 20.9 Å². The summed E-state index contributed by atoms with van der Waals surface area (Å²) in [6.45, 7) is 9.34. The van der Waals surface area contributed by atoms with Gasteiger partial charge >= 0.3 is 12.1 Å². The molecule has 0 saturated carbocycles. The van der Waals surface area contributed by atoms with Crippen LogP contribution in [0.5, 0.6) is 11.6 Å². The molecule has 2 atom stereocenters. The fraction of sp³-hybridized carbons (Fsp3) is 0.440. The number of halogens is 1. The maximum absolute atomic E-state index is 14.8. The van der Waals surface area contributed by atoms with Gasteiger partial charge in [-0.3, -0.25) is 4.79 Å². The van der Waals surface area contributed by atoms with Gasteiger partial charge in [-0.25, -0.2) is 14.2 Å². The number of carbonyl (C=O) groups excluding carboxylic acids is 2. The van der Waals surface area contributed by atoms with Gasteiger partial charge in [0.15, 0.2) is 5.82 Å². The predicted octanol–water partition coefficient (Wildman–Crippen LogP) is 3.93. The zero-order valence-corrected chi connectivity index (χ0v) is 20.6. The van der Waals surface area contributed by atoms with Crippen LogP contribution in [0.4, 0.5) is 9.18 Å². The molecule has 1 heterocycles. The highest BCUT2D eigenvalue weighted by molar-refractivity contribution is 5.77. The van der Waals surface area contributed by atoms with Crippen LogP contribution in [-0.4, -0.2) is 35.8 Å². The Morgan fingerprint density at radius 2 is 1.91 bits per heavy atom. The van der Waals surface area contributed by atoms with Gasteiger partial charge in [-0.05, 0) is 70.3 Å². The van der Waals surface area contributed by atoms with E-state index in [1.165, 1.54) is 30.5 Å². The number of hydrogen-bond donors (Lipinski definition) is 2. The minimum atomic E-state index is -1.20. The molecule has 0 fully saturated rings. The standard InChI is InChI=1S/C25H31FN4O5/c1-15(12-27)11-25(5,22(31)35-24(2,3)4)14-33-19-7-6-16(10-17(19)13-28)18-8-9-30-21(20(18)26)34-23(29)32/h6-10,15H,11-12,14,27H2,1-5H3,(H2,29,32)/t15-,25-/m0/s1. The second-order valence-electron chi connectivity index (χ2n) is 9.62. The molecule has 2 aromatic rings. The SMILES string of the molecule is C[C@H](CN)C[C@@](C)(COc1ccc(-c2ccnc(OC(N)=O)c2F)cc1C#N)C(=O)OC(C)(C)C. The van der Waals surface area contributed by atoms with Gasteiger partial charge in [0, 0.05) is 11.8 Å². The number of nitrogens with two attached hydrogens (primary N) is 2. The van der Waals surface area contributed by atoms with E-state index in [9.17, 15) is 19.2 Å². The number of benzene rings is 1. The second kappa shape index (κ2) is 11.1. The van der Waals surface area contributed by atoms with Crippen molar-refractivity contribution in [3.63, 3.8) is 0 Å². The Balaban J connectivity index is 2.34. The van der Waals surface area contributed by atoms with Crippen LogP contribution < -0.4 is 20.9 Å². The Bertz CT molecular complexity index is 1130. The number of rotatable bonds is 9. The van der Waals surface area contributed by atoms with Crippen LogP contribution >= 0.6 is 0 Å². The highest BCUT2D eigenvalue weighted by atomic mass is 19.1. The molecule has 0 aliphatic heterocycles. The van der Waals surface area contributed by atoms with E-state index in [2.05, 4.69) is 9.72 Å². The summed E-state index contributed by atoms with van der Waals surface area (Å²) in [7, 11) is 0. The fourth-order valence-corrected chi connectivity index (χ4v) is 3.42. The van der Waals surface area contributed by atoms with E-state index in [-0.39, 0.29) is 29.4 Å². The fourth-order valence-electron chi connectivity index (χ4n) is 3.42. The van der Waals surface area contributed by atoms with Crippen molar-refractivity contribution >= 4 is 12.1 Å². The number of primary amides is 1. The molecule has 9 nitrogen and oxygen atoms in total. The molecule has 188 valence electrons. The van der Waals surface area contributed by atoms with Crippen molar-refractivity contribution in [1.82, 2.24) is 4.98 Å². The second-order valence-corrected chi connectivity index (χ2v) is 9.62. The summed E-state index contributed by atoms with van der Waals surface area (Å²) in [4.78, 5) is 27.6. The molecule has 1 amide bonds. The lowest BCUT2D eigenvalue weighted by molar-refractivity contribution is -0.169. The molecular weight excluding hydrogens is 455 g/mol. The highest BCUT2D eigenvalue weighted by Gasteiger charge is 2.39. The molecule has 10 heteroatoms. The Labute approximate surface area is 204 Å². The summed E-state index contributed by atoms with van der Waals surface area (Å²) in [6, 6.07) is 7.86. The zero-order chi connectivity index (χ0) is 26.4. The van der Waals surface area contributed by atoms with Crippen molar-refractivity contribution < 1.29 is 28.2 Å². The number of carbonyl (C=O) groups is 2. The lowest BCUT2D eigenvalue weighted by Gasteiger charge is -2.33. The first-order valence-electron chi connectivity index (χ1n) is 11.0. The van der Waals surface area contributed by atoms with Gasteiger partial charge in [0.2, 0.25) is 0 Å². The molecule has 0 unspecified atom stereocenters. The molecule has 2 rings (SSSR count). The van der Waals surface area contributed by atoms with Crippen LogP contribution in [0, 0.1) is 28.5 Å². The van der Waals surface area contributed by atoms with E-state index < -0.39 is 34.8 Å². The van der Waals surface area contributed by atoms with Crippen molar-refractivity contribution in [2.24, 2.45) is 22.8 Å². The summed E-state index contributed by atoms with van der Waals surface area (Å²) >= 11 is 0. The molecule has 4 N–H and O–H groups in total. The van der Waals surface area contributed by atoms with Crippen molar-refractivity contribution in [1.29, 1.82) is 5.26 Å². The van der Waals surface area contributed by atoms with Crippen molar-refractivity contribution in [2.45, 2.75) is 46.6 Å². The van der Waals surface area contributed by atoms with Crippen LogP contribution in [0.3, 0.4) is 0 Å². The van der Waals surface area contributed by atoms with E-state index in [0.29, 0.717) is 18.5 Å². The van der Waals surface area contributed by atoms with Gasteiger partial charge in [0.05, 0.1) is 11.0 Å². The highest BCUT2D eigenvalue weighted by Crippen LogP contribution is 2.34. The van der Waals surface area contributed by atoms with Crippen molar-refractivity contribution in [3.8, 4) is 28.8 Å². The largest absolute Gasteiger partial charge is 0.491 e. The smallest absolute Gasteiger partial charge is 0.411 e. The average Bonchev–Trinajstić information content (AvgIpc) is 2.77. The van der Waals surface area contributed by atoms with Crippen molar-refractivity contribution in [2.75, 3.05) is 13.2 Å². The van der Waals surface area contributed by atoms with Gasteiger partial charge in [-0.15, -0.1) is 0 Å². The first-order chi connectivity index (χ1) is 16.3. The molecule has 0 aliphatic carbocycles. The zero-order valence-electron chi connectivity index (χ0n) is 20.6. The van der Waals surface area contributed by atoms with E-state index in [0.717, 1.165) is 0 Å². The molecule has 0 spiro atoms. The summed E-state index contributed by atoms with van der Waals surface area (Å²) in [5, 5.41) is 9.68. The van der Waals surface area contributed by atoms with E-state index in [1.807, 2.05) is 13.0 Å². The van der Waals surface area contributed by atoms with Crippen LogP contribution in [0.25, 0.3) is 11.1 Å². The summed E-state index contributed by atoms with van der Waals surface area (Å²) < 4.78 is 30.9. The number of aromatic nitrogens is 1. The number of nitrogens with zero attached hydrogens (tertiary/aromatic N) is 2. The maximum Gasteiger partial charge on any atom is 0.411 e. The van der Waals surface area contributed by atoms with Gasteiger partial charge in [-0.2, -0.15) is 5.26 Å². The maximum atomic E-state index is 14.8. The third kappa shape index (κ3) is 7.39. The minimum Gasteiger partial charge on any atom is -0.491 e. The van der Waals surface area contributed by atoms with Crippen LogP contribution in [-0.2, 0) is 9.53 Å². The number of ether oxygens (including phenoxy) is 3. The first-order valence-corrected chi connectivity index (χ1v) is 11.0. The van der Waals surface area contributed by atoms with Crippen molar-refractivity contribution in [3.05, 3.63) is 41.8 Å². The average molecular weight is 487 g/mol.